The van der Waals surface area contributed by atoms with E-state index in [4.69, 9.17) is 4.74 Å². The van der Waals surface area contributed by atoms with Crippen LogP contribution in [0.25, 0.3) is 0 Å². The van der Waals surface area contributed by atoms with Gasteiger partial charge in [0.1, 0.15) is 5.75 Å². The van der Waals surface area contributed by atoms with Gasteiger partial charge in [-0.05, 0) is 18.4 Å². The maximum absolute atomic E-state index is 10.3. The molecule has 1 aromatic carbocycles. The summed E-state index contributed by atoms with van der Waals surface area (Å²) < 4.78 is 5.61. The van der Waals surface area contributed by atoms with E-state index < -0.39 is 0 Å². The smallest absolute Gasteiger partial charge is 0.123 e. The van der Waals surface area contributed by atoms with E-state index in [0.717, 1.165) is 12.2 Å². The van der Waals surface area contributed by atoms with Crippen LogP contribution in [0.2, 0.25) is 0 Å². The molecule has 0 spiro atoms. The van der Waals surface area contributed by atoms with Crippen LogP contribution < -0.4 is 4.74 Å². The van der Waals surface area contributed by atoms with Crippen molar-refractivity contribution in [3.05, 3.63) is 29.8 Å². The summed E-state index contributed by atoms with van der Waals surface area (Å²) in [5, 5.41) is 10.3. The Morgan fingerprint density at radius 2 is 2.18 bits per heavy atom. The SMILES string of the molecule is CCCC(C)CC(O)C1COc2ccccc21. The maximum atomic E-state index is 10.3. The Morgan fingerprint density at radius 3 is 2.94 bits per heavy atom. The monoisotopic (exact) mass is 234 g/mol. The fourth-order valence-corrected chi connectivity index (χ4v) is 2.69. The van der Waals surface area contributed by atoms with Gasteiger partial charge in [-0.2, -0.15) is 0 Å². The Labute approximate surface area is 104 Å². The Bertz CT molecular complexity index is 362. The molecule has 1 aliphatic heterocycles. The molecule has 3 unspecified atom stereocenters. The molecule has 2 rings (SSSR count). The van der Waals surface area contributed by atoms with Crippen LogP contribution in [0, 0.1) is 5.92 Å². The molecule has 94 valence electrons. The number of hydrogen-bond acceptors (Lipinski definition) is 2. The fourth-order valence-electron chi connectivity index (χ4n) is 2.69. The summed E-state index contributed by atoms with van der Waals surface area (Å²) in [7, 11) is 0. The van der Waals surface area contributed by atoms with Gasteiger partial charge in [0.15, 0.2) is 0 Å². The number of benzene rings is 1. The van der Waals surface area contributed by atoms with Gasteiger partial charge in [-0.15, -0.1) is 0 Å². The van der Waals surface area contributed by atoms with E-state index in [9.17, 15) is 5.11 Å². The molecule has 1 aromatic rings. The van der Waals surface area contributed by atoms with E-state index in [-0.39, 0.29) is 12.0 Å². The van der Waals surface area contributed by atoms with Crippen molar-refractivity contribution in [1.82, 2.24) is 0 Å². The number of ether oxygens (including phenoxy) is 1. The highest BCUT2D eigenvalue weighted by Crippen LogP contribution is 2.37. The second-order valence-electron chi connectivity index (χ2n) is 5.15. The molecule has 0 saturated heterocycles. The summed E-state index contributed by atoms with van der Waals surface area (Å²) >= 11 is 0. The van der Waals surface area contributed by atoms with Crippen LogP contribution in [0.15, 0.2) is 24.3 Å². The van der Waals surface area contributed by atoms with Crippen molar-refractivity contribution in [2.24, 2.45) is 5.92 Å². The number of para-hydroxylation sites is 1. The van der Waals surface area contributed by atoms with Crippen molar-refractivity contribution in [3.8, 4) is 5.75 Å². The molecule has 1 aliphatic rings. The standard InChI is InChI=1S/C15H22O2/c1-3-6-11(2)9-14(16)13-10-17-15-8-5-4-7-12(13)15/h4-5,7-8,11,13-14,16H,3,6,9-10H2,1-2H3. The highest BCUT2D eigenvalue weighted by molar-refractivity contribution is 5.40. The van der Waals surface area contributed by atoms with E-state index in [2.05, 4.69) is 19.9 Å². The van der Waals surface area contributed by atoms with Gasteiger partial charge in [0.25, 0.3) is 0 Å². The van der Waals surface area contributed by atoms with Gasteiger partial charge in [0, 0.05) is 11.5 Å². The number of fused-ring (bicyclic) bond motifs is 1. The predicted molar refractivity (Wildman–Crippen MR) is 69.4 cm³/mol. The minimum Gasteiger partial charge on any atom is -0.493 e. The van der Waals surface area contributed by atoms with Gasteiger partial charge in [0.05, 0.1) is 12.7 Å². The molecule has 2 nitrogen and oxygen atoms in total. The fraction of sp³-hybridized carbons (Fsp3) is 0.600. The number of aliphatic hydroxyl groups is 1. The predicted octanol–water partition coefficient (Wildman–Crippen LogP) is 3.35. The zero-order valence-corrected chi connectivity index (χ0v) is 10.7. The van der Waals surface area contributed by atoms with Crippen molar-refractivity contribution in [2.75, 3.05) is 6.61 Å². The molecule has 0 aliphatic carbocycles. The van der Waals surface area contributed by atoms with E-state index in [1.165, 1.54) is 18.4 Å². The summed E-state index contributed by atoms with van der Waals surface area (Å²) in [6, 6.07) is 8.05. The Kier molecular flexibility index (Phi) is 4.06. The molecular weight excluding hydrogens is 212 g/mol. The molecule has 0 fully saturated rings. The first-order valence-electron chi connectivity index (χ1n) is 6.62. The van der Waals surface area contributed by atoms with Crippen LogP contribution in [-0.2, 0) is 0 Å². The third-order valence-corrected chi connectivity index (χ3v) is 3.63. The maximum Gasteiger partial charge on any atom is 0.123 e. The lowest BCUT2D eigenvalue weighted by Gasteiger charge is -2.20. The second-order valence-corrected chi connectivity index (χ2v) is 5.15. The lowest BCUT2D eigenvalue weighted by molar-refractivity contribution is 0.103. The summed E-state index contributed by atoms with van der Waals surface area (Å²) in [5.41, 5.74) is 1.17. The zero-order chi connectivity index (χ0) is 12.3. The molecule has 1 N–H and O–H groups in total. The van der Waals surface area contributed by atoms with Crippen LogP contribution in [-0.4, -0.2) is 17.8 Å². The van der Waals surface area contributed by atoms with E-state index >= 15 is 0 Å². The van der Waals surface area contributed by atoms with Crippen LogP contribution in [0.3, 0.4) is 0 Å². The molecule has 3 atom stereocenters. The van der Waals surface area contributed by atoms with Gasteiger partial charge in [-0.1, -0.05) is 44.9 Å². The van der Waals surface area contributed by atoms with E-state index in [1.807, 2.05) is 18.2 Å². The van der Waals surface area contributed by atoms with Crippen LogP contribution in [0.1, 0.15) is 44.6 Å². The number of rotatable bonds is 5. The highest BCUT2D eigenvalue weighted by Gasteiger charge is 2.30. The number of hydrogen-bond donors (Lipinski definition) is 1. The van der Waals surface area contributed by atoms with E-state index in [0.29, 0.717) is 12.5 Å². The van der Waals surface area contributed by atoms with E-state index in [1.54, 1.807) is 0 Å². The van der Waals surface area contributed by atoms with Crippen LogP contribution in [0.5, 0.6) is 5.75 Å². The minimum atomic E-state index is -0.278. The first-order valence-corrected chi connectivity index (χ1v) is 6.62. The Hall–Kier alpha value is -1.02. The lowest BCUT2D eigenvalue weighted by Crippen LogP contribution is -2.22. The topological polar surface area (TPSA) is 29.5 Å². The Balaban J connectivity index is 2.00. The quantitative estimate of drug-likeness (QED) is 0.846. The largest absolute Gasteiger partial charge is 0.493 e. The van der Waals surface area contributed by atoms with Crippen LogP contribution >= 0.6 is 0 Å². The summed E-state index contributed by atoms with van der Waals surface area (Å²) in [4.78, 5) is 0. The molecule has 17 heavy (non-hydrogen) atoms. The molecule has 0 saturated carbocycles. The third-order valence-electron chi connectivity index (χ3n) is 3.63. The van der Waals surface area contributed by atoms with Gasteiger partial charge < -0.3 is 9.84 Å². The summed E-state index contributed by atoms with van der Waals surface area (Å²) in [5.74, 6) is 1.69. The Morgan fingerprint density at radius 1 is 1.41 bits per heavy atom. The van der Waals surface area contributed by atoms with Crippen molar-refractivity contribution >= 4 is 0 Å². The average molecular weight is 234 g/mol. The lowest BCUT2D eigenvalue weighted by atomic mass is 9.88. The van der Waals surface area contributed by atoms with Gasteiger partial charge in [-0.25, -0.2) is 0 Å². The average Bonchev–Trinajstić information content (AvgIpc) is 2.72. The molecule has 1 heterocycles. The summed E-state index contributed by atoms with van der Waals surface area (Å²) in [6.07, 6.45) is 2.97. The molecule has 0 amide bonds. The molecule has 2 heteroatoms. The molecule has 0 aromatic heterocycles. The zero-order valence-electron chi connectivity index (χ0n) is 10.7. The minimum absolute atomic E-state index is 0.158. The van der Waals surface area contributed by atoms with Gasteiger partial charge in [0.2, 0.25) is 0 Å². The first kappa shape index (κ1) is 12.4. The third kappa shape index (κ3) is 2.81. The van der Waals surface area contributed by atoms with Crippen molar-refractivity contribution in [1.29, 1.82) is 0 Å². The first-order chi connectivity index (χ1) is 8.22. The van der Waals surface area contributed by atoms with Crippen molar-refractivity contribution < 1.29 is 9.84 Å². The molecule has 0 bridgehead atoms. The number of aliphatic hydroxyl groups excluding tert-OH is 1. The molecular formula is C15H22O2. The summed E-state index contributed by atoms with van der Waals surface area (Å²) in [6.45, 7) is 5.03. The van der Waals surface area contributed by atoms with Crippen molar-refractivity contribution in [2.45, 2.75) is 45.1 Å². The highest BCUT2D eigenvalue weighted by atomic mass is 16.5. The normalized spacial score (nSPS) is 21.7. The molecule has 0 radical (unpaired) electrons. The van der Waals surface area contributed by atoms with Crippen molar-refractivity contribution in [3.63, 3.8) is 0 Å². The van der Waals surface area contributed by atoms with Gasteiger partial charge in [-0.3, -0.25) is 0 Å². The second kappa shape index (κ2) is 5.54. The van der Waals surface area contributed by atoms with Gasteiger partial charge >= 0.3 is 0 Å². The van der Waals surface area contributed by atoms with Crippen LogP contribution in [0.4, 0.5) is 0 Å².